The molecule has 1 aliphatic heterocycles. The number of ether oxygens (including phenoxy) is 3. The Morgan fingerprint density at radius 3 is 2.36 bits per heavy atom. The fourth-order valence-electron chi connectivity index (χ4n) is 5.10. The Kier molecular flexibility index (Phi) is 9.33. The molecule has 0 bridgehead atoms. The minimum absolute atomic E-state index is 0.0882. The summed E-state index contributed by atoms with van der Waals surface area (Å²) in [5.74, 6) is -0.0237. The van der Waals surface area contributed by atoms with Gasteiger partial charge in [0.15, 0.2) is 5.54 Å². The summed E-state index contributed by atoms with van der Waals surface area (Å²) in [6.45, 7) is 18.6. The van der Waals surface area contributed by atoms with Crippen molar-refractivity contribution in [2.75, 3.05) is 20.3 Å². The third-order valence-corrected chi connectivity index (χ3v) is 7.40. The van der Waals surface area contributed by atoms with Crippen molar-refractivity contribution in [1.29, 1.82) is 0 Å². The summed E-state index contributed by atoms with van der Waals surface area (Å²) >= 11 is 1.45. The Labute approximate surface area is 237 Å². The number of carbonyl (C=O) groups is 2. The molecule has 39 heavy (non-hydrogen) atoms. The van der Waals surface area contributed by atoms with Gasteiger partial charge in [0.1, 0.15) is 22.4 Å². The van der Waals surface area contributed by atoms with Crippen LogP contribution < -0.4 is 4.74 Å². The molecule has 214 valence electrons. The molecule has 0 N–H and O–H groups in total. The summed E-state index contributed by atoms with van der Waals surface area (Å²) in [6, 6.07) is 4.97. The molecule has 1 amide bonds. The molecule has 0 fully saturated rings. The minimum Gasteiger partial charge on any atom is -0.496 e. The number of nitrogens with zero attached hydrogens (tertiary/aromatic N) is 2. The summed E-state index contributed by atoms with van der Waals surface area (Å²) in [7, 11) is 1.61. The molecule has 0 saturated heterocycles. The molecular formula is C31H44N2O5S. The zero-order chi connectivity index (χ0) is 29.2. The van der Waals surface area contributed by atoms with Crippen molar-refractivity contribution in [1.82, 2.24) is 9.88 Å². The van der Waals surface area contributed by atoms with Gasteiger partial charge in [0.25, 0.3) is 5.91 Å². The lowest BCUT2D eigenvalue weighted by Crippen LogP contribution is -2.56. The number of carbonyl (C=O) groups excluding carboxylic acids is 2. The Morgan fingerprint density at radius 1 is 1.15 bits per heavy atom. The number of benzene rings is 1. The van der Waals surface area contributed by atoms with Crippen LogP contribution in [0.5, 0.6) is 5.75 Å². The van der Waals surface area contributed by atoms with Crippen LogP contribution in [-0.4, -0.2) is 53.2 Å². The number of hydrogen-bond donors (Lipinski definition) is 0. The average molecular weight is 557 g/mol. The Balaban J connectivity index is 2.27. The predicted octanol–water partition coefficient (Wildman–Crippen LogP) is 6.74. The first kappa shape index (κ1) is 30.8. The Morgan fingerprint density at radius 2 is 1.85 bits per heavy atom. The molecular weight excluding hydrogens is 512 g/mol. The maximum Gasteiger partial charge on any atom is 0.336 e. The van der Waals surface area contributed by atoms with E-state index in [1.807, 2.05) is 65.1 Å². The van der Waals surface area contributed by atoms with Crippen LogP contribution in [0, 0.1) is 5.92 Å². The first-order valence-electron chi connectivity index (χ1n) is 13.6. The fraction of sp³-hybridized carbons (Fsp3) is 0.581. The van der Waals surface area contributed by atoms with E-state index in [1.54, 1.807) is 24.3 Å². The molecule has 1 aromatic heterocycles. The summed E-state index contributed by atoms with van der Waals surface area (Å²) in [5, 5.41) is 2.61. The summed E-state index contributed by atoms with van der Waals surface area (Å²) in [4.78, 5) is 35.1. The largest absolute Gasteiger partial charge is 0.496 e. The van der Waals surface area contributed by atoms with Crippen LogP contribution in [0.4, 0.5) is 0 Å². The van der Waals surface area contributed by atoms with Gasteiger partial charge in [0.05, 0.1) is 13.7 Å². The van der Waals surface area contributed by atoms with Crippen LogP contribution in [0.15, 0.2) is 41.4 Å². The van der Waals surface area contributed by atoms with E-state index in [9.17, 15) is 9.59 Å². The van der Waals surface area contributed by atoms with Crippen molar-refractivity contribution in [2.24, 2.45) is 5.92 Å². The predicted molar refractivity (Wildman–Crippen MR) is 155 cm³/mol. The molecule has 2 atom stereocenters. The van der Waals surface area contributed by atoms with Gasteiger partial charge in [-0.2, -0.15) is 0 Å². The lowest BCUT2D eigenvalue weighted by atomic mass is 9.85. The van der Waals surface area contributed by atoms with Gasteiger partial charge >= 0.3 is 5.97 Å². The molecule has 0 saturated carbocycles. The number of esters is 1. The van der Waals surface area contributed by atoms with E-state index in [0.717, 1.165) is 16.1 Å². The molecule has 0 radical (unpaired) electrons. The molecule has 2 aromatic rings. The van der Waals surface area contributed by atoms with Gasteiger partial charge < -0.3 is 19.1 Å². The molecule has 8 heteroatoms. The van der Waals surface area contributed by atoms with Gasteiger partial charge in [-0.25, -0.2) is 9.78 Å². The molecule has 1 aromatic carbocycles. The third kappa shape index (κ3) is 6.72. The highest BCUT2D eigenvalue weighted by atomic mass is 32.1. The fourth-order valence-corrected chi connectivity index (χ4v) is 5.87. The molecule has 0 aliphatic carbocycles. The monoisotopic (exact) mass is 556 g/mol. The van der Waals surface area contributed by atoms with E-state index >= 15 is 0 Å². The number of thiazole rings is 1. The van der Waals surface area contributed by atoms with Crippen LogP contribution in [0.3, 0.4) is 0 Å². The molecule has 3 rings (SSSR count). The zero-order valence-corrected chi connectivity index (χ0v) is 25.9. The maximum atomic E-state index is 14.6. The van der Waals surface area contributed by atoms with E-state index in [4.69, 9.17) is 14.2 Å². The lowest BCUT2D eigenvalue weighted by Gasteiger charge is -2.41. The van der Waals surface area contributed by atoms with Gasteiger partial charge in [0.2, 0.25) is 0 Å². The second kappa shape index (κ2) is 11.8. The van der Waals surface area contributed by atoms with Crippen LogP contribution in [0.25, 0.3) is 0 Å². The van der Waals surface area contributed by atoms with Gasteiger partial charge in [-0.15, -0.1) is 11.3 Å². The van der Waals surface area contributed by atoms with E-state index < -0.39 is 23.2 Å². The van der Waals surface area contributed by atoms with Crippen molar-refractivity contribution in [2.45, 2.75) is 91.3 Å². The van der Waals surface area contributed by atoms with E-state index in [0.29, 0.717) is 24.3 Å². The third-order valence-electron chi connectivity index (χ3n) is 6.57. The topological polar surface area (TPSA) is 78.0 Å². The Hall–Kier alpha value is -2.71. The second-order valence-electron chi connectivity index (χ2n) is 12.5. The standard InChI is InChI=1S/C31H44N2O5S/c1-11-37-19-22-18-31(17-20(2)3,28(35)38-30(7,8)9)33(25(22)26-32-14-15-39-26)27(34)21-12-13-23(29(4,5)6)24(16-21)36-10/h12-16,18,20,25H,11,17,19H2,1-10H3/t25-,31+/m1/s1. The summed E-state index contributed by atoms with van der Waals surface area (Å²) in [6.07, 6.45) is 4.02. The van der Waals surface area contributed by atoms with Crippen molar-refractivity contribution in [3.8, 4) is 5.75 Å². The van der Waals surface area contributed by atoms with Gasteiger partial charge in [-0.1, -0.05) is 40.7 Å². The number of hydrogen-bond acceptors (Lipinski definition) is 7. The number of rotatable bonds is 9. The van der Waals surface area contributed by atoms with Gasteiger partial charge in [-0.3, -0.25) is 4.79 Å². The molecule has 2 heterocycles. The molecule has 1 aliphatic rings. The van der Waals surface area contributed by atoms with Crippen molar-refractivity contribution in [3.63, 3.8) is 0 Å². The smallest absolute Gasteiger partial charge is 0.336 e. The highest BCUT2D eigenvalue weighted by molar-refractivity contribution is 7.09. The van der Waals surface area contributed by atoms with E-state index in [1.165, 1.54) is 11.3 Å². The normalized spacial score (nSPS) is 19.8. The van der Waals surface area contributed by atoms with E-state index in [2.05, 4.69) is 25.8 Å². The lowest BCUT2D eigenvalue weighted by molar-refractivity contribution is -0.166. The number of methoxy groups -OCH3 is 1. The van der Waals surface area contributed by atoms with Crippen LogP contribution in [-0.2, 0) is 19.7 Å². The highest BCUT2D eigenvalue weighted by Gasteiger charge is 2.56. The maximum absolute atomic E-state index is 14.6. The first-order chi connectivity index (χ1) is 18.1. The van der Waals surface area contributed by atoms with Crippen molar-refractivity contribution in [3.05, 3.63) is 57.6 Å². The summed E-state index contributed by atoms with van der Waals surface area (Å²) < 4.78 is 17.6. The second-order valence-corrected chi connectivity index (χ2v) is 13.4. The SMILES string of the molecule is CCOCC1=C[C@@](CC(C)C)(C(=O)OC(C)(C)C)N(C(=O)c2ccc(C(C)(C)C)c(OC)c2)[C@H]1c1nccs1. The minimum atomic E-state index is -1.34. The average Bonchev–Trinajstić information content (AvgIpc) is 3.46. The molecule has 0 unspecified atom stereocenters. The van der Waals surface area contributed by atoms with Crippen LogP contribution >= 0.6 is 11.3 Å². The van der Waals surface area contributed by atoms with Crippen molar-refractivity contribution >= 4 is 23.2 Å². The van der Waals surface area contributed by atoms with Crippen LogP contribution in [0.2, 0.25) is 0 Å². The number of aromatic nitrogens is 1. The summed E-state index contributed by atoms with van der Waals surface area (Å²) in [5.41, 5.74) is 0.00982. The first-order valence-corrected chi connectivity index (χ1v) is 14.5. The highest BCUT2D eigenvalue weighted by Crippen LogP contribution is 2.48. The molecule has 7 nitrogen and oxygen atoms in total. The zero-order valence-electron chi connectivity index (χ0n) is 25.1. The van der Waals surface area contributed by atoms with Gasteiger partial charge in [0, 0.05) is 23.7 Å². The number of amides is 1. The quantitative estimate of drug-likeness (QED) is 0.252. The molecule has 0 spiro atoms. The van der Waals surface area contributed by atoms with Crippen LogP contribution in [0.1, 0.15) is 95.7 Å². The Bertz CT molecular complexity index is 1190. The van der Waals surface area contributed by atoms with Gasteiger partial charge in [-0.05, 0) is 74.8 Å². The van der Waals surface area contributed by atoms with Crippen molar-refractivity contribution < 1.29 is 23.8 Å². The van der Waals surface area contributed by atoms with E-state index in [-0.39, 0.29) is 23.8 Å².